The van der Waals surface area contributed by atoms with Crippen LogP contribution in [-0.2, 0) is 9.63 Å². The van der Waals surface area contributed by atoms with Crippen molar-refractivity contribution in [2.75, 3.05) is 7.11 Å². The molecule has 78 valence electrons. The van der Waals surface area contributed by atoms with Gasteiger partial charge in [0.05, 0.1) is 11.8 Å². The monoisotopic (exact) mass is 205 g/mol. The van der Waals surface area contributed by atoms with Gasteiger partial charge < -0.3 is 10.6 Å². The summed E-state index contributed by atoms with van der Waals surface area (Å²) in [6, 6.07) is 0.601. The van der Waals surface area contributed by atoms with E-state index in [2.05, 4.69) is 9.99 Å². The molecule has 0 aromatic carbocycles. The molecule has 5 nitrogen and oxygen atoms in total. The van der Waals surface area contributed by atoms with Gasteiger partial charge in [0.15, 0.2) is 11.8 Å². The van der Waals surface area contributed by atoms with Crippen molar-refractivity contribution < 1.29 is 9.63 Å². The topological polar surface area (TPSA) is 88.5 Å². The summed E-state index contributed by atoms with van der Waals surface area (Å²) >= 11 is 0. The van der Waals surface area contributed by atoms with Crippen molar-refractivity contribution in [2.45, 2.75) is 12.5 Å². The zero-order chi connectivity index (χ0) is 11.3. The zero-order valence-corrected chi connectivity index (χ0v) is 8.30. The maximum Gasteiger partial charge on any atom is 0.193 e. The second-order valence-corrected chi connectivity index (χ2v) is 2.93. The first kappa shape index (κ1) is 11.1. The molecule has 1 unspecified atom stereocenters. The molecule has 0 aliphatic heterocycles. The minimum absolute atomic E-state index is 0.370. The van der Waals surface area contributed by atoms with Gasteiger partial charge in [-0.1, -0.05) is 11.2 Å². The fourth-order valence-electron chi connectivity index (χ4n) is 1.14. The lowest BCUT2D eigenvalue weighted by Crippen LogP contribution is -2.29. The molecule has 0 saturated heterocycles. The van der Waals surface area contributed by atoms with Crippen LogP contribution >= 0.6 is 0 Å². The Balaban J connectivity index is 2.72. The molecule has 0 aromatic heterocycles. The molecular formula is C10H11N3O2. The third kappa shape index (κ3) is 2.76. The highest BCUT2D eigenvalue weighted by Gasteiger charge is 2.17. The fourth-order valence-corrected chi connectivity index (χ4v) is 1.14. The summed E-state index contributed by atoms with van der Waals surface area (Å²) in [6.07, 6.45) is 5.43. The van der Waals surface area contributed by atoms with Gasteiger partial charge in [0.2, 0.25) is 0 Å². The van der Waals surface area contributed by atoms with Crippen LogP contribution in [0.2, 0.25) is 0 Å². The highest BCUT2D eigenvalue weighted by atomic mass is 16.6. The molecular weight excluding hydrogens is 194 g/mol. The summed E-state index contributed by atoms with van der Waals surface area (Å²) < 4.78 is 0. The zero-order valence-electron chi connectivity index (χ0n) is 8.30. The number of allylic oxidation sites excluding steroid dienone is 3. The Labute approximate surface area is 87.5 Å². The van der Waals surface area contributed by atoms with E-state index in [0.717, 1.165) is 5.71 Å². The molecule has 0 fully saturated rings. The van der Waals surface area contributed by atoms with Gasteiger partial charge in [-0.15, -0.1) is 0 Å². The largest absolute Gasteiger partial charge is 0.399 e. The lowest BCUT2D eigenvalue weighted by Gasteiger charge is -2.07. The predicted octanol–water partition coefficient (Wildman–Crippen LogP) is 0.295. The quantitative estimate of drug-likeness (QED) is 0.671. The number of hydrogen-bond acceptors (Lipinski definition) is 5. The molecule has 15 heavy (non-hydrogen) atoms. The van der Waals surface area contributed by atoms with Gasteiger partial charge in [-0.25, -0.2) is 0 Å². The highest BCUT2D eigenvalue weighted by Crippen LogP contribution is 2.10. The van der Waals surface area contributed by atoms with E-state index in [9.17, 15) is 4.79 Å². The van der Waals surface area contributed by atoms with Gasteiger partial charge in [0.25, 0.3) is 0 Å². The molecule has 5 heteroatoms. The third-order valence-electron chi connectivity index (χ3n) is 1.90. The standard InChI is InChI=1S/C10H11N3O2/c1-15-13-8-4-2-7(3-5-8)10(14)9(12)6-11/h2-4,9H,5,12H2,1H3. The molecule has 1 aliphatic carbocycles. The fraction of sp³-hybridized carbons (Fsp3) is 0.300. The molecule has 0 amide bonds. The van der Waals surface area contributed by atoms with Gasteiger partial charge in [-0.05, 0) is 12.2 Å². The molecule has 0 saturated carbocycles. The number of hydrogen-bond donors (Lipinski definition) is 1. The van der Waals surface area contributed by atoms with Crippen LogP contribution in [-0.4, -0.2) is 24.6 Å². The van der Waals surface area contributed by atoms with Gasteiger partial charge in [-0.3, -0.25) is 4.79 Å². The first-order chi connectivity index (χ1) is 7.19. The first-order valence-electron chi connectivity index (χ1n) is 4.36. The summed E-state index contributed by atoms with van der Waals surface area (Å²) in [5.74, 6) is -0.370. The van der Waals surface area contributed by atoms with Crippen molar-refractivity contribution in [3.63, 3.8) is 0 Å². The van der Waals surface area contributed by atoms with Gasteiger partial charge >= 0.3 is 0 Å². The van der Waals surface area contributed by atoms with Gasteiger partial charge in [-0.2, -0.15) is 5.26 Å². The number of ketones is 1. The van der Waals surface area contributed by atoms with Gasteiger partial charge in [0, 0.05) is 12.0 Å². The van der Waals surface area contributed by atoms with Crippen LogP contribution in [0, 0.1) is 11.3 Å². The van der Waals surface area contributed by atoms with Crippen LogP contribution in [0.4, 0.5) is 0 Å². The van der Waals surface area contributed by atoms with E-state index in [1.165, 1.54) is 7.11 Å². The lowest BCUT2D eigenvalue weighted by atomic mass is 9.99. The van der Waals surface area contributed by atoms with E-state index in [1.54, 1.807) is 24.3 Å². The van der Waals surface area contributed by atoms with E-state index in [1.807, 2.05) is 0 Å². The smallest absolute Gasteiger partial charge is 0.193 e. The molecule has 0 radical (unpaired) electrons. The maximum atomic E-state index is 11.5. The molecule has 1 aliphatic rings. The summed E-state index contributed by atoms with van der Waals surface area (Å²) in [4.78, 5) is 16.0. The molecule has 0 bridgehead atoms. The van der Waals surface area contributed by atoms with Crippen molar-refractivity contribution in [2.24, 2.45) is 10.9 Å². The van der Waals surface area contributed by atoms with E-state index >= 15 is 0 Å². The Bertz CT molecular complexity index is 388. The van der Waals surface area contributed by atoms with Crippen LogP contribution < -0.4 is 5.73 Å². The molecule has 1 rings (SSSR count). The number of carbonyl (C=O) groups is 1. The second kappa shape index (κ2) is 5.08. The van der Waals surface area contributed by atoms with E-state index in [-0.39, 0.29) is 5.78 Å². The third-order valence-corrected chi connectivity index (χ3v) is 1.90. The Morgan fingerprint density at radius 3 is 2.93 bits per heavy atom. The Morgan fingerprint density at radius 2 is 2.47 bits per heavy atom. The molecule has 0 aromatic rings. The van der Waals surface area contributed by atoms with E-state index in [4.69, 9.17) is 11.0 Å². The van der Waals surface area contributed by atoms with Crippen molar-refractivity contribution in [1.82, 2.24) is 0 Å². The Hall–Kier alpha value is -1.93. The minimum Gasteiger partial charge on any atom is -0.399 e. The number of oxime groups is 1. The van der Waals surface area contributed by atoms with E-state index < -0.39 is 6.04 Å². The summed E-state index contributed by atoms with van der Waals surface area (Å²) in [5.41, 5.74) is 6.47. The SMILES string of the molecule is CON=C1C=CC(C(=O)C(N)C#N)=CC1. The van der Waals surface area contributed by atoms with Crippen molar-refractivity contribution in [1.29, 1.82) is 5.26 Å². The summed E-state index contributed by atoms with van der Waals surface area (Å²) in [7, 11) is 1.46. The molecule has 0 heterocycles. The van der Waals surface area contributed by atoms with Crippen molar-refractivity contribution in [3.05, 3.63) is 23.8 Å². The number of nitrogens with two attached hydrogens (primary N) is 1. The highest BCUT2D eigenvalue weighted by molar-refractivity contribution is 6.07. The Kier molecular flexibility index (Phi) is 3.77. The number of nitrogens with zero attached hydrogens (tertiary/aromatic N) is 2. The molecule has 2 N–H and O–H groups in total. The number of nitriles is 1. The summed E-state index contributed by atoms with van der Waals surface area (Å²) in [6.45, 7) is 0. The average molecular weight is 205 g/mol. The first-order valence-corrected chi connectivity index (χ1v) is 4.36. The molecule has 1 atom stereocenters. The summed E-state index contributed by atoms with van der Waals surface area (Å²) in [5, 5.41) is 12.2. The van der Waals surface area contributed by atoms with Crippen LogP contribution in [0.15, 0.2) is 29.0 Å². The van der Waals surface area contributed by atoms with Crippen LogP contribution in [0.5, 0.6) is 0 Å². The van der Waals surface area contributed by atoms with Crippen LogP contribution in [0.3, 0.4) is 0 Å². The predicted molar refractivity (Wildman–Crippen MR) is 54.9 cm³/mol. The van der Waals surface area contributed by atoms with E-state index in [0.29, 0.717) is 12.0 Å². The van der Waals surface area contributed by atoms with Crippen LogP contribution in [0.25, 0.3) is 0 Å². The molecule has 0 spiro atoms. The van der Waals surface area contributed by atoms with Crippen molar-refractivity contribution in [3.8, 4) is 6.07 Å². The normalized spacial score (nSPS) is 19.3. The maximum absolute atomic E-state index is 11.5. The average Bonchev–Trinajstić information content (AvgIpc) is 2.28. The second-order valence-electron chi connectivity index (χ2n) is 2.93. The van der Waals surface area contributed by atoms with Crippen molar-refractivity contribution >= 4 is 11.5 Å². The number of carbonyl (C=O) groups excluding carboxylic acids is 1. The van der Waals surface area contributed by atoms with Gasteiger partial charge in [0.1, 0.15) is 7.11 Å². The Morgan fingerprint density at radius 1 is 1.73 bits per heavy atom. The number of rotatable bonds is 3. The number of Topliss-reactive ketones (excluding diaryl/α,β-unsaturated/α-hetero) is 1. The lowest BCUT2D eigenvalue weighted by molar-refractivity contribution is -0.115. The van der Waals surface area contributed by atoms with Crippen LogP contribution in [0.1, 0.15) is 6.42 Å². The minimum atomic E-state index is -1.10.